The highest BCUT2D eigenvalue weighted by atomic mass is 32.1. The molecule has 0 aliphatic rings. The summed E-state index contributed by atoms with van der Waals surface area (Å²) in [6.45, 7) is 0. The summed E-state index contributed by atoms with van der Waals surface area (Å²) in [6, 6.07) is 14.5. The van der Waals surface area contributed by atoms with Gasteiger partial charge in [0, 0.05) is 18.3 Å². The number of nitrogens with zero attached hydrogens (tertiary/aromatic N) is 3. The number of fused-ring (bicyclic) bond motifs is 2. The fourth-order valence-electron chi connectivity index (χ4n) is 3.05. The van der Waals surface area contributed by atoms with Gasteiger partial charge < -0.3 is 13.9 Å². The Balaban J connectivity index is 1.59. The molecular weight excluding hydrogens is 437 g/mol. The highest BCUT2D eigenvalue weighted by Gasteiger charge is 2.18. The van der Waals surface area contributed by atoms with Crippen LogP contribution in [0.3, 0.4) is 0 Å². The van der Waals surface area contributed by atoms with E-state index in [4.69, 9.17) is 13.9 Å². The second kappa shape index (κ2) is 7.61. The van der Waals surface area contributed by atoms with Crippen LogP contribution in [-0.2, 0) is 0 Å². The largest absolute Gasteiger partial charge is 0.493 e. The number of thiazole rings is 1. The zero-order valence-corrected chi connectivity index (χ0v) is 18.0. The quantitative estimate of drug-likeness (QED) is 0.387. The van der Waals surface area contributed by atoms with E-state index in [1.807, 2.05) is 24.3 Å². The average molecular weight is 451 g/mol. The van der Waals surface area contributed by atoms with Crippen LogP contribution >= 0.6 is 20.6 Å². The first kappa shape index (κ1) is 19.4. The summed E-state index contributed by atoms with van der Waals surface area (Å²) < 4.78 is 18.0. The van der Waals surface area contributed by atoms with Crippen LogP contribution in [0.2, 0.25) is 0 Å². The average Bonchev–Trinajstić information content (AvgIpc) is 3.18. The topological polar surface area (TPSA) is 96.5 Å². The maximum Gasteiger partial charge on any atom is 0.429 e. The van der Waals surface area contributed by atoms with Crippen molar-refractivity contribution >= 4 is 47.2 Å². The highest BCUT2D eigenvalue weighted by Crippen LogP contribution is 2.30. The minimum Gasteiger partial charge on any atom is -0.493 e. The summed E-state index contributed by atoms with van der Waals surface area (Å²) in [6.07, 6.45) is 1.42. The monoisotopic (exact) mass is 451 g/mol. The number of aromatic nitrogens is 3. The molecule has 0 fully saturated rings. The third-order valence-corrected chi connectivity index (χ3v) is 5.91. The van der Waals surface area contributed by atoms with Crippen LogP contribution in [0.5, 0.6) is 17.2 Å². The molecule has 1 unspecified atom stereocenters. The van der Waals surface area contributed by atoms with E-state index < -0.39 is 11.3 Å². The standard InChI is InChI=1S/C21H14N3O5PS/c1-27-15-8-9-22-17-18(15)29-21(26)24(19(17)25)20-23-14-7-4-12(10-16(14)31-20)28-11-2-5-13(30)6-3-11/h2-10H,30H2,1H3. The van der Waals surface area contributed by atoms with Crippen molar-refractivity contribution in [2.24, 2.45) is 0 Å². The summed E-state index contributed by atoms with van der Waals surface area (Å²) in [5, 5.41) is 1.24. The lowest BCUT2D eigenvalue weighted by molar-refractivity contribution is 0.401. The van der Waals surface area contributed by atoms with Crippen LogP contribution in [0, 0.1) is 0 Å². The second-order valence-electron chi connectivity index (χ2n) is 6.50. The van der Waals surface area contributed by atoms with Crippen molar-refractivity contribution in [3.8, 4) is 22.4 Å². The molecular formula is C21H14N3O5PS. The number of ether oxygens (including phenoxy) is 2. The third kappa shape index (κ3) is 3.48. The Kier molecular flexibility index (Phi) is 4.77. The zero-order valence-electron chi connectivity index (χ0n) is 16.1. The first-order valence-electron chi connectivity index (χ1n) is 9.07. The number of rotatable bonds is 4. The van der Waals surface area contributed by atoms with E-state index >= 15 is 0 Å². The Hall–Kier alpha value is -3.55. The number of pyridine rings is 1. The van der Waals surface area contributed by atoms with Gasteiger partial charge in [0.1, 0.15) is 11.5 Å². The van der Waals surface area contributed by atoms with Crippen molar-refractivity contribution < 1.29 is 13.9 Å². The van der Waals surface area contributed by atoms with Crippen molar-refractivity contribution in [3.05, 3.63) is 75.6 Å². The molecule has 3 aromatic heterocycles. The molecule has 0 spiro atoms. The van der Waals surface area contributed by atoms with Crippen LogP contribution in [-0.4, -0.2) is 21.6 Å². The van der Waals surface area contributed by atoms with Gasteiger partial charge in [-0.2, -0.15) is 4.57 Å². The van der Waals surface area contributed by atoms with Crippen molar-refractivity contribution in [1.29, 1.82) is 0 Å². The fourth-order valence-corrected chi connectivity index (χ4v) is 4.23. The van der Waals surface area contributed by atoms with Gasteiger partial charge in [-0.1, -0.05) is 23.5 Å². The van der Waals surface area contributed by atoms with E-state index in [9.17, 15) is 9.59 Å². The number of methoxy groups -OCH3 is 1. The molecule has 154 valence electrons. The number of benzene rings is 2. The van der Waals surface area contributed by atoms with Crippen molar-refractivity contribution in [2.75, 3.05) is 7.11 Å². The predicted octanol–water partition coefficient (Wildman–Crippen LogP) is 3.25. The van der Waals surface area contributed by atoms with Gasteiger partial charge in [0.05, 0.1) is 17.3 Å². The van der Waals surface area contributed by atoms with Gasteiger partial charge in [0.15, 0.2) is 11.3 Å². The Morgan fingerprint density at radius 2 is 1.84 bits per heavy atom. The Morgan fingerprint density at radius 1 is 1.06 bits per heavy atom. The Bertz CT molecular complexity index is 1560. The van der Waals surface area contributed by atoms with Crippen LogP contribution in [0.4, 0.5) is 0 Å². The Labute approximate surface area is 180 Å². The second-order valence-corrected chi connectivity index (χ2v) is 8.17. The van der Waals surface area contributed by atoms with Gasteiger partial charge in [-0.15, -0.1) is 9.24 Å². The predicted molar refractivity (Wildman–Crippen MR) is 121 cm³/mol. The van der Waals surface area contributed by atoms with E-state index in [1.54, 1.807) is 18.2 Å². The summed E-state index contributed by atoms with van der Waals surface area (Å²) in [5.74, 6) is 0.703. The molecule has 2 aromatic carbocycles. The first-order valence-corrected chi connectivity index (χ1v) is 10.5. The van der Waals surface area contributed by atoms with Crippen LogP contribution in [0.1, 0.15) is 0 Å². The molecule has 0 N–H and O–H groups in total. The van der Waals surface area contributed by atoms with E-state index in [0.717, 1.165) is 14.6 Å². The molecule has 3 heterocycles. The lowest BCUT2D eigenvalue weighted by Crippen LogP contribution is -2.31. The Morgan fingerprint density at radius 3 is 2.61 bits per heavy atom. The van der Waals surface area contributed by atoms with Crippen LogP contribution in [0.25, 0.3) is 26.4 Å². The molecule has 0 bridgehead atoms. The van der Waals surface area contributed by atoms with E-state index in [0.29, 0.717) is 17.0 Å². The SMILES string of the molecule is COc1ccnc2c(=O)n(-c3nc4ccc(Oc5ccc(P)cc5)cc4s3)c(=O)oc12. The third-order valence-electron chi connectivity index (χ3n) is 4.52. The lowest BCUT2D eigenvalue weighted by atomic mass is 10.3. The van der Waals surface area contributed by atoms with Crippen LogP contribution < -0.4 is 26.1 Å². The molecule has 10 heteroatoms. The van der Waals surface area contributed by atoms with E-state index in [1.165, 1.54) is 30.7 Å². The number of hydrogen-bond donors (Lipinski definition) is 0. The molecule has 8 nitrogen and oxygen atoms in total. The maximum atomic E-state index is 13.0. The van der Waals surface area contributed by atoms with Gasteiger partial charge in [0.25, 0.3) is 5.56 Å². The highest BCUT2D eigenvalue weighted by molar-refractivity contribution is 7.27. The molecule has 31 heavy (non-hydrogen) atoms. The normalized spacial score (nSPS) is 11.2. The van der Waals surface area contributed by atoms with Crippen molar-refractivity contribution in [2.45, 2.75) is 0 Å². The maximum absolute atomic E-state index is 13.0. The molecule has 5 aromatic rings. The van der Waals surface area contributed by atoms with E-state index in [-0.39, 0.29) is 22.0 Å². The molecule has 0 aliphatic carbocycles. The van der Waals surface area contributed by atoms with Gasteiger partial charge in [-0.3, -0.25) is 4.79 Å². The van der Waals surface area contributed by atoms with Crippen LogP contribution in [0.15, 0.2) is 68.7 Å². The van der Waals surface area contributed by atoms with Gasteiger partial charge in [0.2, 0.25) is 10.7 Å². The van der Waals surface area contributed by atoms with E-state index in [2.05, 4.69) is 19.2 Å². The molecule has 0 saturated carbocycles. The molecule has 0 amide bonds. The zero-order chi connectivity index (χ0) is 21.5. The van der Waals surface area contributed by atoms with Gasteiger partial charge in [-0.25, -0.2) is 14.8 Å². The summed E-state index contributed by atoms with van der Waals surface area (Å²) in [7, 11) is 4.04. The van der Waals surface area contributed by atoms with Crippen molar-refractivity contribution in [3.63, 3.8) is 0 Å². The van der Waals surface area contributed by atoms with Gasteiger partial charge in [-0.05, 0) is 29.6 Å². The molecule has 0 radical (unpaired) electrons. The minimum atomic E-state index is -0.864. The lowest BCUT2D eigenvalue weighted by Gasteiger charge is -2.05. The summed E-state index contributed by atoms with van der Waals surface area (Å²) in [5.41, 5.74) is -0.0137. The van der Waals surface area contributed by atoms with Gasteiger partial charge >= 0.3 is 5.76 Å². The smallest absolute Gasteiger partial charge is 0.429 e. The van der Waals surface area contributed by atoms with Crippen molar-refractivity contribution in [1.82, 2.24) is 14.5 Å². The summed E-state index contributed by atoms with van der Waals surface area (Å²) in [4.78, 5) is 34.0. The molecule has 0 aliphatic heterocycles. The molecule has 1 atom stereocenters. The molecule has 5 rings (SSSR count). The number of hydrogen-bond acceptors (Lipinski definition) is 8. The summed E-state index contributed by atoms with van der Waals surface area (Å²) >= 11 is 1.17. The fraction of sp³-hybridized carbons (Fsp3) is 0.0476. The first-order chi connectivity index (χ1) is 15.0. The minimum absolute atomic E-state index is 0.00421. The molecule has 0 saturated heterocycles.